The van der Waals surface area contributed by atoms with Gasteiger partial charge >= 0.3 is 0 Å². The zero-order chi connectivity index (χ0) is 9.68. The molecule has 1 N–H and O–H groups in total. The Labute approximate surface area is 75.9 Å². The number of ketones is 1. The molecule has 0 aliphatic rings. The van der Waals surface area contributed by atoms with Crippen molar-refractivity contribution in [3.8, 4) is 0 Å². The second kappa shape index (κ2) is 4.45. The number of rotatable bonds is 4. The molecule has 1 rings (SSSR count). The van der Waals surface area contributed by atoms with Gasteiger partial charge in [0, 0.05) is 6.54 Å². The van der Waals surface area contributed by atoms with Crippen molar-refractivity contribution in [2.45, 2.75) is 13.3 Å². The van der Waals surface area contributed by atoms with Crippen LogP contribution in [0.4, 0.5) is 0 Å². The standard InChI is InChI=1S/C9H11NO3/c1-2-10-9(12)6-7(11)8-4-3-5-13-8/h3-5H,2,6H2,1H3,(H,10,12). The Morgan fingerprint density at radius 1 is 1.54 bits per heavy atom. The normalized spacial score (nSPS) is 9.62. The van der Waals surface area contributed by atoms with E-state index in [-0.39, 0.29) is 23.9 Å². The molecular formula is C9H11NO3. The van der Waals surface area contributed by atoms with Crippen LogP contribution < -0.4 is 5.32 Å². The van der Waals surface area contributed by atoms with E-state index in [1.807, 2.05) is 0 Å². The van der Waals surface area contributed by atoms with Gasteiger partial charge in [0.2, 0.25) is 11.7 Å². The number of furan rings is 1. The number of carbonyl (C=O) groups is 2. The molecule has 1 aromatic rings. The lowest BCUT2D eigenvalue weighted by Gasteiger charge is -1.98. The van der Waals surface area contributed by atoms with Gasteiger partial charge in [-0.25, -0.2) is 0 Å². The Balaban J connectivity index is 2.47. The third kappa shape index (κ3) is 2.74. The van der Waals surface area contributed by atoms with Crippen LogP contribution in [0.1, 0.15) is 23.9 Å². The maximum Gasteiger partial charge on any atom is 0.227 e. The van der Waals surface area contributed by atoms with Crippen LogP contribution in [0.25, 0.3) is 0 Å². The van der Waals surface area contributed by atoms with Crippen LogP contribution in [0, 0.1) is 0 Å². The van der Waals surface area contributed by atoms with Gasteiger partial charge in [0.15, 0.2) is 5.76 Å². The first-order valence-corrected chi connectivity index (χ1v) is 4.07. The predicted octanol–water partition coefficient (Wildman–Crippen LogP) is 0.989. The summed E-state index contributed by atoms with van der Waals surface area (Å²) in [7, 11) is 0. The van der Waals surface area contributed by atoms with Gasteiger partial charge in [0.25, 0.3) is 0 Å². The number of nitrogens with one attached hydrogen (secondary N) is 1. The van der Waals surface area contributed by atoms with Crippen molar-refractivity contribution in [3.63, 3.8) is 0 Å². The number of carbonyl (C=O) groups excluding carboxylic acids is 2. The molecule has 1 heterocycles. The molecule has 0 aromatic carbocycles. The Bertz CT molecular complexity index is 290. The molecule has 0 spiro atoms. The highest BCUT2D eigenvalue weighted by molar-refractivity contribution is 6.05. The number of hydrogen-bond donors (Lipinski definition) is 1. The lowest BCUT2D eigenvalue weighted by molar-refractivity contribution is -0.120. The molecular weight excluding hydrogens is 170 g/mol. The van der Waals surface area contributed by atoms with Crippen LogP contribution in [0.2, 0.25) is 0 Å². The first-order chi connectivity index (χ1) is 6.24. The Hall–Kier alpha value is -1.58. The van der Waals surface area contributed by atoms with E-state index in [1.165, 1.54) is 6.26 Å². The average Bonchev–Trinajstić information content (AvgIpc) is 2.55. The highest BCUT2D eigenvalue weighted by Crippen LogP contribution is 2.03. The van der Waals surface area contributed by atoms with Gasteiger partial charge in [-0.1, -0.05) is 0 Å². The van der Waals surface area contributed by atoms with Crippen LogP contribution in [0.15, 0.2) is 22.8 Å². The van der Waals surface area contributed by atoms with Gasteiger partial charge in [-0.15, -0.1) is 0 Å². The molecule has 1 amide bonds. The van der Waals surface area contributed by atoms with E-state index in [0.29, 0.717) is 6.54 Å². The zero-order valence-corrected chi connectivity index (χ0v) is 7.37. The van der Waals surface area contributed by atoms with Crippen molar-refractivity contribution >= 4 is 11.7 Å². The molecule has 1 aromatic heterocycles. The zero-order valence-electron chi connectivity index (χ0n) is 7.37. The van der Waals surface area contributed by atoms with Crippen molar-refractivity contribution in [2.24, 2.45) is 0 Å². The van der Waals surface area contributed by atoms with Gasteiger partial charge in [-0.2, -0.15) is 0 Å². The van der Waals surface area contributed by atoms with Gasteiger partial charge < -0.3 is 9.73 Å². The van der Waals surface area contributed by atoms with Crippen LogP contribution in [0.5, 0.6) is 0 Å². The second-order valence-corrected chi connectivity index (χ2v) is 2.53. The van der Waals surface area contributed by atoms with E-state index in [9.17, 15) is 9.59 Å². The van der Waals surface area contributed by atoms with Crippen LogP contribution in [-0.2, 0) is 4.79 Å². The van der Waals surface area contributed by atoms with Crippen LogP contribution in [0.3, 0.4) is 0 Å². The molecule has 0 radical (unpaired) electrons. The SMILES string of the molecule is CCNC(=O)CC(=O)c1ccco1. The summed E-state index contributed by atoms with van der Waals surface area (Å²) in [5.74, 6) is -0.342. The first-order valence-electron chi connectivity index (χ1n) is 4.07. The largest absolute Gasteiger partial charge is 0.461 e. The minimum absolute atomic E-state index is 0.151. The summed E-state index contributed by atoms with van der Waals surface area (Å²) in [6, 6.07) is 3.16. The quantitative estimate of drug-likeness (QED) is 0.556. The van der Waals surface area contributed by atoms with E-state index in [2.05, 4.69) is 5.32 Å². The summed E-state index contributed by atoms with van der Waals surface area (Å²) in [6.45, 7) is 2.33. The van der Waals surface area contributed by atoms with E-state index in [4.69, 9.17) is 4.42 Å². The van der Waals surface area contributed by atoms with Crippen LogP contribution >= 0.6 is 0 Å². The average molecular weight is 181 g/mol. The molecule has 0 bridgehead atoms. The lowest BCUT2D eigenvalue weighted by atomic mass is 10.2. The number of amides is 1. The van der Waals surface area contributed by atoms with Crippen molar-refractivity contribution in [1.29, 1.82) is 0 Å². The van der Waals surface area contributed by atoms with E-state index in [1.54, 1.807) is 19.1 Å². The Morgan fingerprint density at radius 2 is 2.31 bits per heavy atom. The van der Waals surface area contributed by atoms with Gasteiger partial charge in [-0.3, -0.25) is 9.59 Å². The summed E-state index contributed by atoms with van der Waals surface area (Å²) < 4.78 is 4.84. The third-order valence-electron chi connectivity index (χ3n) is 1.49. The molecule has 0 atom stereocenters. The van der Waals surface area contributed by atoms with Crippen molar-refractivity contribution in [2.75, 3.05) is 6.54 Å². The fourth-order valence-corrected chi connectivity index (χ4v) is 0.930. The molecule has 0 aliphatic carbocycles. The number of Topliss-reactive ketones (excluding diaryl/α,β-unsaturated/α-hetero) is 1. The van der Waals surface area contributed by atoms with Crippen LogP contribution in [-0.4, -0.2) is 18.2 Å². The lowest BCUT2D eigenvalue weighted by Crippen LogP contribution is -2.25. The van der Waals surface area contributed by atoms with E-state index in [0.717, 1.165) is 0 Å². The van der Waals surface area contributed by atoms with Gasteiger partial charge in [-0.05, 0) is 19.1 Å². The molecule has 0 fully saturated rings. The fraction of sp³-hybridized carbons (Fsp3) is 0.333. The Morgan fingerprint density at radius 3 is 2.85 bits per heavy atom. The van der Waals surface area contributed by atoms with Crippen molar-refractivity contribution < 1.29 is 14.0 Å². The fourth-order valence-electron chi connectivity index (χ4n) is 0.930. The molecule has 0 unspecified atom stereocenters. The highest BCUT2D eigenvalue weighted by atomic mass is 16.3. The smallest absolute Gasteiger partial charge is 0.227 e. The van der Waals surface area contributed by atoms with Gasteiger partial charge in [0.1, 0.15) is 0 Å². The third-order valence-corrected chi connectivity index (χ3v) is 1.49. The van der Waals surface area contributed by atoms with Gasteiger partial charge in [0.05, 0.1) is 12.7 Å². The summed E-state index contributed by atoms with van der Waals surface area (Å²) in [5, 5.41) is 2.54. The Kier molecular flexibility index (Phi) is 3.25. The topological polar surface area (TPSA) is 59.3 Å². The summed E-state index contributed by atoms with van der Waals surface area (Å²) in [5.41, 5.74) is 0. The minimum Gasteiger partial charge on any atom is -0.461 e. The second-order valence-electron chi connectivity index (χ2n) is 2.53. The highest BCUT2D eigenvalue weighted by Gasteiger charge is 2.12. The predicted molar refractivity (Wildman–Crippen MR) is 46.3 cm³/mol. The molecule has 4 nitrogen and oxygen atoms in total. The van der Waals surface area contributed by atoms with E-state index >= 15 is 0 Å². The summed E-state index contributed by atoms with van der Waals surface area (Å²) in [6.07, 6.45) is 1.26. The monoisotopic (exact) mass is 181 g/mol. The molecule has 0 aliphatic heterocycles. The molecule has 0 saturated carbocycles. The minimum atomic E-state index is -0.295. The molecule has 70 valence electrons. The molecule has 4 heteroatoms. The number of hydrogen-bond acceptors (Lipinski definition) is 3. The molecule has 13 heavy (non-hydrogen) atoms. The summed E-state index contributed by atoms with van der Waals surface area (Å²) >= 11 is 0. The summed E-state index contributed by atoms with van der Waals surface area (Å²) in [4.78, 5) is 22.2. The van der Waals surface area contributed by atoms with E-state index < -0.39 is 0 Å². The van der Waals surface area contributed by atoms with Crippen molar-refractivity contribution in [3.05, 3.63) is 24.2 Å². The molecule has 0 saturated heterocycles. The first kappa shape index (κ1) is 9.51. The van der Waals surface area contributed by atoms with Crippen molar-refractivity contribution in [1.82, 2.24) is 5.32 Å². The maximum atomic E-state index is 11.2. The maximum absolute atomic E-state index is 11.2.